The number of nitrogens with zero attached hydrogens (tertiary/aromatic N) is 1. The van der Waals surface area contributed by atoms with Crippen LogP contribution < -0.4 is 0 Å². The van der Waals surface area contributed by atoms with Crippen LogP contribution >= 0.6 is 0 Å². The molecular weight excluding hydrogens is 198 g/mol. The Morgan fingerprint density at radius 2 is 2.21 bits per heavy atom. The molecule has 0 radical (unpaired) electrons. The zero-order valence-corrected chi connectivity index (χ0v) is 8.93. The number of hydrogen-bond acceptors (Lipinski definition) is 2. The SMILES string of the molecule is CC(=O)c1cccc2c1CN(C)S2=O. The van der Waals surface area contributed by atoms with Crippen molar-refractivity contribution in [2.45, 2.75) is 18.4 Å². The molecule has 1 heterocycles. The van der Waals surface area contributed by atoms with Crippen LogP contribution in [0.25, 0.3) is 0 Å². The molecule has 0 bridgehead atoms. The zero-order chi connectivity index (χ0) is 10.3. The Balaban J connectivity index is 2.61. The van der Waals surface area contributed by atoms with E-state index in [0.29, 0.717) is 12.1 Å². The molecular formula is C10H11NO2S. The number of carbonyl (C=O) groups is 1. The van der Waals surface area contributed by atoms with Gasteiger partial charge in [0.25, 0.3) is 0 Å². The van der Waals surface area contributed by atoms with E-state index in [4.69, 9.17) is 0 Å². The van der Waals surface area contributed by atoms with E-state index < -0.39 is 11.0 Å². The summed E-state index contributed by atoms with van der Waals surface area (Å²) in [6.07, 6.45) is 0. The van der Waals surface area contributed by atoms with Crippen LogP contribution in [-0.2, 0) is 17.5 Å². The lowest BCUT2D eigenvalue weighted by Gasteiger charge is -2.02. The van der Waals surface area contributed by atoms with Gasteiger partial charge in [-0.05, 0) is 18.6 Å². The second-order valence-electron chi connectivity index (χ2n) is 3.37. The molecule has 0 saturated heterocycles. The highest BCUT2D eigenvalue weighted by molar-refractivity contribution is 7.83. The maximum absolute atomic E-state index is 11.7. The molecule has 14 heavy (non-hydrogen) atoms. The smallest absolute Gasteiger partial charge is 0.160 e. The number of benzene rings is 1. The van der Waals surface area contributed by atoms with E-state index in [1.807, 2.05) is 6.07 Å². The summed E-state index contributed by atoms with van der Waals surface area (Å²) in [6.45, 7) is 2.13. The normalized spacial score (nSPS) is 20.9. The number of carbonyl (C=O) groups excluding carboxylic acids is 1. The summed E-state index contributed by atoms with van der Waals surface area (Å²) in [5, 5.41) is 0. The number of hydrogen-bond donors (Lipinski definition) is 0. The topological polar surface area (TPSA) is 37.4 Å². The number of rotatable bonds is 1. The fourth-order valence-electron chi connectivity index (χ4n) is 1.67. The molecule has 1 aromatic rings. The molecule has 0 fully saturated rings. The molecule has 3 nitrogen and oxygen atoms in total. The highest BCUT2D eigenvalue weighted by atomic mass is 32.2. The summed E-state index contributed by atoms with van der Waals surface area (Å²) < 4.78 is 13.4. The lowest BCUT2D eigenvalue weighted by molar-refractivity contribution is 0.101. The highest BCUT2D eigenvalue weighted by Crippen LogP contribution is 2.28. The summed E-state index contributed by atoms with van der Waals surface area (Å²) in [6, 6.07) is 5.39. The van der Waals surface area contributed by atoms with Crippen molar-refractivity contribution in [2.24, 2.45) is 0 Å². The molecule has 0 amide bonds. The summed E-state index contributed by atoms with van der Waals surface area (Å²) in [5.41, 5.74) is 1.61. The molecule has 0 spiro atoms. The first-order valence-corrected chi connectivity index (χ1v) is 5.48. The predicted octanol–water partition coefficient (Wildman–Crippen LogP) is 1.36. The van der Waals surface area contributed by atoms with Crippen LogP contribution in [0.3, 0.4) is 0 Å². The van der Waals surface area contributed by atoms with Crippen molar-refractivity contribution in [3.63, 3.8) is 0 Å². The van der Waals surface area contributed by atoms with Gasteiger partial charge >= 0.3 is 0 Å². The Labute approximate surface area is 85.3 Å². The monoisotopic (exact) mass is 209 g/mol. The predicted molar refractivity (Wildman–Crippen MR) is 54.3 cm³/mol. The average molecular weight is 209 g/mol. The van der Waals surface area contributed by atoms with Crippen molar-refractivity contribution in [3.05, 3.63) is 29.3 Å². The minimum Gasteiger partial charge on any atom is -0.294 e. The van der Waals surface area contributed by atoms with Crippen LogP contribution in [0.5, 0.6) is 0 Å². The third-order valence-corrected chi connectivity index (χ3v) is 3.82. The molecule has 0 aliphatic carbocycles. The quantitative estimate of drug-likeness (QED) is 0.655. The van der Waals surface area contributed by atoms with Crippen LogP contribution in [0, 0.1) is 0 Å². The first-order valence-electron chi connectivity index (χ1n) is 4.37. The summed E-state index contributed by atoms with van der Waals surface area (Å²) in [5.74, 6) is 0.0363. The Hall–Kier alpha value is -1.00. The van der Waals surface area contributed by atoms with Gasteiger partial charge in [-0.1, -0.05) is 12.1 Å². The fourth-order valence-corrected chi connectivity index (χ4v) is 2.83. The maximum Gasteiger partial charge on any atom is 0.160 e. The Bertz CT molecular complexity index is 428. The molecule has 1 aliphatic heterocycles. The van der Waals surface area contributed by atoms with Gasteiger partial charge in [0.05, 0.1) is 4.90 Å². The molecule has 0 saturated carbocycles. The number of ketones is 1. The van der Waals surface area contributed by atoms with Gasteiger partial charge in [-0.3, -0.25) is 4.79 Å². The van der Waals surface area contributed by atoms with Gasteiger partial charge in [-0.25, -0.2) is 8.51 Å². The number of fused-ring (bicyclic) bond motifs is 1. The van der Waals surface area contributed by atoms with Crippen molar-refractivity contribution in [3.8, 4) is 0 Å². The van der Waals surface area contributed by atoms with Gasteiger partial charge in [-0.2, -0.15) is 0 Å². The molecule has 0 N–H and O–H groups in total. The summed E-state index contributed by atoms with van der Waals surface area (Å²) in [4.78, 5) is 12.1. The third-order valence-electron chi connectivity index (χ3n) is 2.36. The molecule has 74 valence electrons. The minimum absolute atomic E-state index is 0.0363. The summed E-state index contributed by atoms with van der Waals surface area (Å²) in [7, 11) is 0.703. The van der Waals surface area contributed by atoms with E-state index in [-0.39, 0.29) is 5.78 Å². The lowest BCUT2D eigenvalue weighted by Crippen LogP contribution is -2.12. The van der Waals surface area contributed by atoms with E-state index in [9.17, 15) is 9.00 Å². The number of Topliss-reactive ketones (excluding diaryl/α,β-unsaturated/α-hetero) is 1. The zero-order valence-electron chi connectivity index (χ0n) is 8.11. The molecule has 1 unspecified atom stereocenters. The van der Waals surface area contributed by atoms with Crippen molar-refractivity contribution in [1.82, 2.24) is 4.31 Å². The van der Waals surface area contributed by atoms with E-state index in [0.717, 1.165) is 10.5 Å². The molecule has 0 aromatic heterocycles. The van der Waals surface area contributed by atoms with Crippen molar-refractivity contribution < 1.29 is 9.00 Å². The minimum atomic E-state index is -1.09. The Morgan fingerprint density at radius 3 is 2.86 bits per heavy atom. The molecule has 2 rings (SSSR count). The van der Waals surface area contributed by atoms with Crippen LogP contribution in [0.4, 0.5) is 0 Å². The van der Waals surface area contributed by atoms with Gasteiger partial charge in [0.15, 0.2) is 5.78 Å². The van der Waals surface area contributed by atoms with E-state index in [2.05, 4.69) is 0 Å². The Morgan fingerprint density at radius 1 is 1.50 bits per heavy atom. The van der Waals surface area contributed by atoms with Gasteiger partial charge in [0.2, 0.25) is 0 Å². The van der Waals surface area contributed by atoms with E-state index >= 15 is 0 Å². The second-order valence-corrected chi connectivity index (χ2v) is 4.94. The standard InChI is InChI=1S/C10H11NO2S/c1-7(12)8-4-3-5-10-9(8)6-11(2)14(10)13/h3-5H,6H2,1-2H3. The molecule has 1 aliphatic rings. The van der Waals surface area contributed by atoms with E-state index in [1.165, 1.54) is 6.92 Å². The average Bonchev–Trinajstić information content (AvgIpc) is 2.43. The van der Waals surface area contributed by atoms with Crippen LogP contribution in [0.15, 0.2) is 23.1 Å². The van der Waals surface area contributed by atoms with Crippen molar-refractivity contribution in [2.75, 3.05) is 7.05 Å². The first-order chi connectivity index (χ1) is 6.61. The fraction of sp³-hybridized carbons (Fsp3) is 0.300. The van der Waals surface area contributed by atoms with Gasteiger partial charge < -0.3 is 0 Å². The largest absolute Gasteiger partial charge is 0.294 e. The maximum atomic E-state index is 11.7. The molecule has 1 atom stereocenters. The van der Waals surface area contributed by atoms with Gasteiger partial charge in [-0.15, -0.1) is 0 Å². The summed E-state index contributed by atoms with van der Waals surface area (Å²) >= 11 is 0. The first kappa shape index (κ1) is 9.55. The lowest BCUT2D eigenvalue weighted by atomic mass is 10.0. The van der Waals surface area contributed by atoms with Crippen LogP contribution in [0.1, 0.15) is 22.8 Å². The molecule has 1 aromatic carbocycles. The van der Waals surface area contributed by atoms with E-state index in [1.54, 1.807) is 23.5 Å². The van der Waals surface area contributed by atoms with Crippen LogP contribution in [-0.4, -0.2) is 21.3 Å². The van der Waals surface area contributed by atoms with Crippen LogP contribution in [0.2, 0.25) is 0 Å². The van der Waals surface area contributed by atoms with Gasteiger partial charge in [0.1, 0.15) is 11.0 Å². The van der Waals surface area contributed by atoms with Crippen molar-refractivity contribution in [1.29, 1.82) is 0 Å². The second kappa shape index (κ2) is 3.29. The molecule has 4 heteroatoms. The highest BCUT2D eigenvalue weighted by Gasteiger charge is 2.26. The Kier molecular flexibility index (Phi) is 2.25. The van der Waals surface area contributed by atoms with Crippen molar-refractivity contribution >= 4 is 16.8 Å². The third kappa shape index (κ3) is 1.31. The van der Waals surface area contributed by atoms with Gasteiger partial charge in [0, 0.05) is 19.2 Å².